The SMILES string of the molecule is CCCCC(NC(=O)OCc1ccccc1)C(=O)Oc1cc2oc(=O)c3c(c2cc1Cl)CCC3. The predicted molar refractivity (Wildman–Crippen MR) is 128 cm³/mol. The van der Waals surface area contributed by atoms with Gasteiger partial charge in [-0.2, -0.15) is 0 Å². The standard InChI is InChI=1S/C26H26ClNO6/c1-2-3-12-21(28-26(31)32-15-16-8-5-4-6-9-16)25(30)34-23-14-22-19(13-20(23)27)17-10-7-11-18(17)24(29)33-22/h4-6,8-9,13-14,21H,2-3,7,10-12,15H2,1H3,(H,28,31). The number of carbonyl (C=O) groups excluding carboxylic acids is 2. The number of unbranched alkanes of at least 4 members (excludes halogenated alkanes) is 1. The van der Waals surface area contributed by atoms with Crippen molar-refractivity contribution in [3.8, 4) is 5.75 Å². The summed E-state index contributed by atoms with van der Waals surface area (Å²) in [4.78, 5) is 37.5. The molecule has 178 valence electrons. The fourth-order valence-electron chi connectivity index (χ4n) is 4.10. The van der Waals surface area contributed by atoms with Crippen LogP contribution in [0.3, 0.4) is 0 Å². The number of amides is 1. The number of fused-ring (bicyclic) bond motifs is 3. The predicted octanol–water partition coefficient (Wildman–Crippen LogP) is 5.33. The lowest BCUT2D eigenvalue weighted by Gasteiger charge is -2.18. The zero-order valence-electron chi connectivity index (χ0n) is 18.9. The van der Waals surface area contributed by atoms with E-state index in [1.54, 1.807) is 6.07 Å². The van der Waals surface area contributed by atoms with Crippen LogP contribution in [0.5, 0.6) is 5.75 Å². The Morgan fingerprint density at radius 1 is 1.15 bits per heavy atom. The molecule has 3 aromatic rings. The molecule has 34 heavy (non-hydrogen) atoms. The first kappa shape index (κ1) is 23.8. The highest BCUT2D eigenvalue weighted by Gasteiger charge is 2.26. The molecule has 0 spiro atoms. The van der Waals surface area contributed by atoms with Crippen molar-refractivity contribution in [2.75, 3.05) is 0 Å². The van der Waals surface area contributed by atoms with Gasteiger partial charge < -0.3 is 19.2 Å². The van der Waals surface area contributed by atoms with E-state index in [1.165, 1.54) is 6.07 Å². The Hall–Kier alpha value is -3.32. The molecule has 8 heteroatoms. The van der Waals surface area contributed by atoms with Gasteiger partial charge >= 0.3 is 17.7 Å². The van der Waals surface area contributed by atoms with Crippen molar-refractivity contribution in [3.63, 3.8) is 0 Å². The summed E-state index contributed by atoms with van der Waals surface area (Å²) in [5, 5.41) is 3.57. The number of aryl methyl sites for hydroxylation is 1. The molecule has 0 aliphatic heterocycles. The molecule has 1 aliphatic carbocycles. The van der Waals surface area contributed by atoms with Crippen molar-refractivity contribution in [1.82, 2.24) is 5.32 Å². The summed E-state index contributed by atoms with van der Waals surface area (Å²) < 4.78 is 16.2. The summed E-state index contributed by atoms with van der Waals surface area (Å²) in [5.41, 5.74) is 2.41. The van der Waals surface area contributed by atoms with Crippen LogP contribution >= 0.6 is 11.6 Å². The van der Waals surface area contributed by atoms with Gasteiger partial charge in [-0.3, -0.25) is 0 Å². The largest absolute Gasteiger partial charge is 0.445 e. The third-order valence-electron chi connectivity index (χ3n) is 5.87. The van der Waals surface area contributed by atoms with E-state index in [-0.39, 0.29) is 23.0 Å². The Kier molecular flexibility index (Phi) is 7.53. The van der Waals surface area contributed by atoms with E-state index in [0.717, 1.165) is 35.8 Å². The van der Waals surface area contributed by atoms with Gasteiger partial charge in [0.15, 0.2) is 5.75 Å². The smallest absolute Gasteiger partial charge is 0.408 e. The first-order chi connectivity index (χ1) is 16.5. The molecule has 0 saturated carbocycles. The van der Waals surface area contributed by atoms with Gasteiger partial charge in [0.25, 0.3) is 0 Å². The van der Waals surface area contributed by atoms with E-state index in [1.807, 2.05) is 37.3 Å². The van der Waals surface area contributed by atoms with E-state index in [2.05, 4.69) is 5.32 Å². The number of carbonyl (C=O) groups is 2. The third-order valence-corrected chi connectivity index (χ3v) is 6.17. The molecule has 7 nitrogen and oxygen atoms in total. The van der Waals surface area contributed by atoms with Gasteiger partial charge in [-0.25, -0.2) is 14.4 Å². The van der Waals surface area contributed by atoms with Crippen molar-refractivity contribution in [2.24, 2.45) is 0 Å². The summed E-state index contributed by atoms with van der Waals surface area (Å²) in [6.07, 6.45) is 3.55. The van der Waals surface area contributed by atoms with Gasteiger partial charge in [-0.15, -0.1) is 0 Å². The summed E-state index contributed by atoms with van der Waals surface area (Å²) >= 11 is 6.41. The molecule has 1 aliphatic rings. The van der Waals surface area contributed by atoms with Gasteiger partial charge in [0.2, 0.25) is 0 Å². The molecule has 1 N–H and O–H groups in total. The third kappa shape index (κ3) is 5.42. The minimum atomic E-state index is -0.915. The van der Waals surface area contributed by atoms with E-state index in [0.29, 0.717) is 30.4 Å². The number of rotatable bonds is 8. The maximum atomic E-state index is 12.9. The summed E-state index contributed by atoms with van der Waals surface area (Å²) in [7, 11) is 0. The van der Waals surface area contributed by atoms with Gasteiger partial charge in [0.1, 0.15) is 18.2 Å². The van der Waals surface area contributed by atoms with Crippen LogP contribution in [-0.4, -0.2) is 18.1 Å². The zero-order chi connectivity index (χ0) is 24.1. The molecular formula is C26H26ClNO6. The van der Waals surface area contributed by atoms with Gasteiger partial charge in [-0.1, -0.05) is 61.7 Å². The lowest BCUT2D eigenvalue weighted by Crippen LogP contribution is -2.43. The number of nitrogens with one attached hydrogen (secondary N) is 1. The van der Waals surface area contributed by atoms with Crippen LogP contribution in [0.2, 0.25) is 5.02 Å². The maximum absolute atomic E-state index is 12.9. The second kappa shape index (κ2) is 10.7. The van der Waals surface area contributed by atoms with Crippen molar-refractivity contribution < 1.29 is 23.5 Å². The highest BCUT2D eigenvalue weighted by atomic mass is 35.5. The normalized spacial score (nSPS) is 13.4. The minimum absolute atomic E-state index is 0.0706. The molecule has 1 amide bonds. The molecule has 1 atom stereocenters. The average molecular weight is 484 g/mol. The number of ether oxygens (including phenoxy) is 2. The Bertz CT molecular complexity index is 1250. The van der Waals surface area contributed by atoms with E-state index >= 15 is 0 Å². The number of halogens is 1. The lowest BCUT2D eigenvalue weighted by molar-refractivity contribution is -0.136. The monoisotopic (exact) mass is 483 g/mol. The molecule has 1 unspecified atom stereocenters. The molecule has 0 radical (unpaired) electrons. The summed E-state index contributed by atoms with van der Waals surface area (Å²) in [6.45, 7) is 2.07. The molecule has 0 fully saturated rings. The number of hydrogen-bond donors (Lipinski definition) is 1. The zero-order valence-corrected chi connectivity index (χ0v) is 19.7. The fourth-order valence-corrected chi connectivity index (χ4v) is 4.31. The maximum Gasteiger partial charge on any atom is 0.408 e. The van der Waals surface area contributed by atoms with E-state index in [9.17, 15) is 14.4 Å². The highest BCUT2D eigenvalue weighted by Crippen LogP contribution is 2.35. The Labute approximate surface area is 202 Å². The first-order valence-electron chi connectivity index (χ1n) is 11.4. The van der Waals surface area contributed by atoms with E-state index < -0.39 is 18.1 Å². The first-order valence-corrected chi connectivity index (χ1v) is 11.8. The van der Waals surface area contributed by atoms with Crippen molar-refractivity contribution in [1.29, 1.82) is 0 Å². The molecule has 2 aromatic carbocycles. The van der Waals surface area contributed by atoms with Crippen molar-refractivity contribution in [3.05, 3.63) is 74.6 Å². The Morgan fingerprint density at radius 3 is 2.68 bits per heavy atom. The van der Waals surface area contributed by atoms with Crippen molar-refractivity contribution >= 4 is 34.6 Å². The molecule has 1 aromatic heterocycles. The van der Waals surface area contributed by atoms with E-state index in [4.69, 9.17) is 25.5 Å². The van der Waals surface area contributed by atoms with Crippen LogP contribution in [-0.2, 0) is 29.0 Å². The van der Waals surface area contributed by atoms with Crippen LogP contribution in [0.4, 0.5) is 4.79 Å². The summed E-state index contributed by atoms with van der Waals surface area (Å²) in [6, 6.07) is 11.5. The molecule has 4 rings (SSSR count). The van der Waals surface area contributed by atoms with Crippen molar-refractivity contribution in [2.45, 2.75) is 58.1 Å². The quantitative estimate of drug-likeness (QED) is 0.264. The highest BCUT2D eigenvalue weighted by molar-refractivity contribution is 6.33. The average Bonchev–Trinajstić information content (AvgIpc) is 3.33. The Morgan fingerprint density at radius 2 is 1.91 bits per heavy atom. The minimum Gasteiger partial charge on any atom is -0.445 e. The number of esters is 1. The Balaban J connectivity index is 1.48. The van der Waals surface area contributed by atoms with Crippen LogP contribution < -0.4 is 15.7 Å². The lowest BCUT2D eigenvalue weighted by atomic mass is 10.1. The fraction of sp³-hybridized carbons (Fsp3) is 0.346. The number of benzene rings is 2. The van der Waals surface area contributed by atoms with Gasteiger partial charge in [0, 0.05) is 17.0 Å². The molecule has 0 saturated heterocycles. The van der Waals surface area contributed by atoms with Crippen LogP contribution in [0.25, 0.3) is 11.0 Å². The topological polar surface area (TPSA) is 94.8 Å². The van der Waals surface area contributed by atoms with Crippen LogP contribution in [0, 0.1) is 0 Å². The summed E-state index contributed by atoms with van der Waals surface area (Å²) in [5.74, 6) is -0.601. The molecular weight excluding hydrogens is 458 g/mol. The van der Waals surface area contributed by atoms with Gasteiger partial charge in [-0.05, 0) is 42.9 Å². The second-order valence-electron chi connectivity index (χ2n) is 8.30. The van der Waals surface area contributed by atoms with Crippen LogP contribution in [0.15, 0.2) is 51.7 Å². The molecule has 0 bridgehead atoms. The van der Waals surface area contributed by atoms with Gasteiger partial charge in [0.05, 0.1) is 5.02 Å². The second-order valence-corrected chi connectivity index (χ2v) is 8.71. The molecule has 1 heterocycles. The number of alkyl carbamates (subject to hydrolysis) is 1. The number of hydrogen-bond acceptors (Lipinski definition) is 6. The van der Waals surface area contributed by atoms with Crippen LogP contribution in [0.1, 0.15) is 49.3 Å².